The Labute approximate surface area is 126 Å². The van der Waals surface area contributed by atoms with Gasteiger partial charge < -0.3 is 15.7 Å². The molecular weight excluding hydrogens is 272 g/mol. The molecule has 5 nitrogen and oxygen atoms in total. The summed E-state index contributed by atoms with van der Waals surface area (Å²) in [6, 6.07) is 0.148. The van der Waals surface area contributed by atoms with Crippen LogP contribution >= 0.6 is 11.8 Å². The molecule has 0 aliphatic carbocycles. The van der Waals surface area contributed by atoms with Crippen LogP contribution in [0.3, 0.4) is 0 Å². The van der Waals surface area contributed by atoms with Gasteiger partial charge in [-0.05, 0) is 26.5 Å². The molecule has 1 heterocycles. The summed E-state index contributed by atoms with van der Waals surface area (Å²) in [6.07, 6.45) is 5.57. The summed E-state index contributed by atoms with van der Waals surface area (Å²) in [7, 11) is 0. The highest BCUT2D eigenvalue weighted by Gasteiger charge is 2.18. The van der Waals surface area contributed by atoms with Crippen LogP contribution in [0.2, 0.25) is 0 Å². The Bertz CT molecular complexity index is 399. The summed E-state index contributed by atoms with van der Waals surface area (Å²) in [5.74, 6) is 1.78. The minimum atomic E-state index is 0.148. The molecule has 2 atom stereocenters. The number of aliphatic hydroxyl groups is 1. The second-order valence-corrected chi connectivity index (χ2v) is 5.80. The Morgan fingerprint density at radius 2 is 2.00 bits per heavy atom. The van der Waals surface area contributed by atoms with Gasteiger partial charge in [0.1, 0.15) is 18.0 Å². The summed E-state index contributed by atoms with van der Waals surface area (Å²) < 4.78 is 0. The third kappa shape index (κ3) is 4.52. The molecular formula is C14H26N4OS. The normalized spacial score (nSPS) is 13.8. The Hall–Kier alpha value is -1.01. The predicted molar refractivity (Wildman–Crippen MR) is 87.7 cm³/mol. The minimum Gasteiger partial charge on any atom is -0.395 e. The van der Waals surface area contributed by atoms with Crippen molar-refractivity contribution < 1.29 is 5.11 Å². The minimum absolute atomic E-state index is 0.148. The lowest BCUT2D eigenvalue weighted by Gasteiger charge is -2.23. The molecule has 0 aliphatic heterocycles. The van der Waals surface area contributed by atoms with Gasteiger partial charge in [0, 0.05) is 23.4 Å². The van der Waals surface area contributed by atoms with E-state index >= 15 is 0 Å². The van der Waals surface area contributed by atoms with Crippen LogP contribution in [-0.2, 0) is 6.42 Å². The highest BCUT2D eigenvalue weighted by atomic mass is 32.2. The van der Waals surface area contributed by atoms with Gasteiger partial charge in [0.05, 0.1) is 6.61 Å². The molecule has 0 saturated heterocycles. The molecule has 0 bridgehead atoms. The number of nitrogens with one attached hydrogen (secondary N) is 2. The van der Waals surface area contributed by atoms with E-state index < -0.39 is 0 Å². The van der Waals surface area contributed by atoms with Gasteiger partial charge in [0.25, 0.3) is 0 Å². The zero-order valence-corrected chi connectivity index (χ0v) is 13.6. The molecule has 0 spiro atoms. The summed E-state index contributed by atoms with van der Waals surface area (Å²) >= 11 is 1.66. The fraction of sp³-hybridized carbons (Fsp3) is 0.714. The molecule has 2 unspecified atom stereocenters. The number of hydrogen-bond donors (Lipinski definition) is 3. The van der Waals surface area contributed by atoms with Gasteiger partial charge >= 0.3 is 0 Å². The first-order valence-corrected chi connectivity index (χ1v) is 8.44. The Balaban J connectivity index is 2.95. The maximum absolute atomic E-state index is 9.38. The smallest absolute Gasteiger partial charge is 0.134 e. The van der Waals surface area contributed by atoms with Crippen LogP contribution in [0.1, 0.15) is 32.8 Å². The van der Waals surface area contributed by atoms with Crippen molar-refractivity contribution in [2.75, 3.05) is 30.0 Å². The van der Waals surface area contributed by atoms with Crippen LogP contribution in [0.5, 0.6) is 0 Å². The Morgan fingerprint density at radius 1 is 1.30 bits per heavy atom. The molecule has 114 valence electrons. The van der Waals surface area contributed by atoms with Crippen molar-refractivity contribution in [3.05, 3.63) is 11.9 Å². The fourth-order valence-electron chi connectivity index (χ4n) is 2.09. The van der Waals surface area contributed by atoms with E-state index in [-0.39, 0.29) is 17.9 Å². The predicted octanol–water partition coefficient (Wildman–Crippen LogP) is 2.39. The van der Waals surface area contributed by atoms with E-state index in [0.717, 1.165) is 36.6 Å². The lowest BCUT2D eigenvalue weighted by atomic mass is 10.1. The lowest BCUT2D eigenvalue weighted by molar-refractivity contribution is 0.288. The van der Waals surface area contributed by atoms with Gasteiger partial charge in [-0.1, -0.05) is 13.3 Å². The summed E-state index contributed by atoms with van der Waals surface area (Å²) in [6.45, 7) is 7.27. The van der Waals surface area contributed by atoms with Crippen molar-refractivity contribution in [2.45, 2.75) is 44.9 Å². The lowest BCUT2D eigenvalue weighted by Crippen LogP contribution is -2.32. The zero-order valence-electron chi connectivity index (χ0n) is 12.8. The van der Waals surface area contributed by atoms with Crippen LogP contribution in [0, 0.1) is 0 Å². The van der Waals surface area contributed by atoms with Crippen LogP contribution in [0.25, 0.3) is 0 Å². The van der Waals surface area contributed by atoms with E-state index in [2.05, 4.69) is 41.4 Å². The summed E-state index contributed by atoms with van der Waals surface area (Å²) in [4.78, 5) is 8.70. The van der Waals surface area contributed by atoms with Crippen LogP contribution in [-0.4, -0.2) is 45.8 Å². The van der Waals surface area contributed by atoms with Crippen molar-refractivity contribution in [1.29, 1.82) is 0 Å². The van der Waals surface area contributed by atoms with Crippen molar-refractivity contribution >= 4 is 23.4 Å². The summed E-state index contributed by atoms with van der Waals surface area (Å²) in [5, 5.41) is 16.2. The molecule has 6 heteroatoms. The van der Waals surface area contributed by atoms with E-state index in [1.807, 2.05) is 6.26 Å². The monoisotopic (exact) mass is 298 g/mol. The van der Waals surface area contributed by atoms with Gasteiger partial charge in [-0.15, -0.1) is 0 Å². The SMILES string of the molecule is CCCc1c(NCC)ncnc1NC(C)C(CO)SC. The standard InChI is InChI=1S/C14H26N4OS/c1-5-7-11-13(15-6-2)16-9-17-14(11)18-10(3)12(8-19)20-4/h9-10,12,19H,5-8H2,1-4H3,(H2,15,16,17,18). The van der Waals surface area contributed by atoms with Gasteiger partial charge in [-0.25, -0.2) is 9.97 Å². The van der Waals surface area contributed by atoms with E-state index in [0.29, 0.717) is 0 Å². The number of aliphatic hydroxyl groups excluding tert-OH is 1. The quantitative estimate of drug-likeness (QED) is 0.650. The molecule has 3 N–H and O–H groups in total. The van der Waals surface area contributed by atoms with Crippen molar-refractivity contribution in [3.63, 3.8) is 0 Å². The number of anilines is 2. The Morgan fingerprint density at radius 3 is 2.55 bits per heavy atom. The molecule has 0 aromatic carbocycles. The largest absolute Gasteiger partial charge is 0.395 e. The van der Waals surface area contributed by atoms with Gasteiger partial charge in [-0.3, -0.25) is 0 Å². The average molecular weight is 298 g/mol. The number of hydrogen-bond acceptors (Lipinski definition) is 6. The van der Waals surface area contributed by atoms with Crippen LogP contribution in [0.15, 0.2) is 6.33 Å². The highest BCUT2D eigenvalue weighted by molar-refractivity contribution is 7.99. The highest BCUT2D eigenvalue weighted by Crippen LogP contribution is 2.24. The van der Waals surface area contributed by atoms with Gasteiger partial charge in [-0.2, -0.15) is 11.8 Å². The number of rotatable bonds is 9. The molecule has 20 heavy (non-hydrogen) atoms. The molecule has 0 radical (unpaired) electrons. The molecule has 1 aromatic heterocycles. The third-order valence-electron chi connectivity index (χ3n) is 3.19. The molecule has 0 aliphatic rings. The van der Waals surface area contributed by atoms with E-state index in [9.17, 15) is 5.11 Å². The number of nitrogens with zero attached hydrogens (tertiary/aromatic N) is 2. The van der Waals surface area contributed by atoms with Crippen LogP contribution < -0.4 is 10.6 Å². The molecule has 0 saturated carbocycles. The first kappa shape index (κ1) is 17.0. The number of aromatic nitrogens is 2. The second kappa shape index (κ2) is 9.02. The Kier molecular flexibility index (Phi) is 7.69. The first-order chi connectivity index (χ1) is 9.67. The molecule has 1 rings (SSSR count). The maximum Gasteiger partial charge on any atom is 0.134 e. The zero-order chi connectivity index (χ0) is 15.0. The van der Waals surface area contributed by atoms with E-state index in [1.54, 1.807) is 18.1 Å². The molecule has 0 fully saturated rings. The maximum atomic E-state index is 9.38. The van der Waals surface area contributed by atoms with E-state index in [4.69, 9.17) is 0 Å². The number of thioether (sulfide) groups is 1. The second-order valence-electron chi connectivity index (χ2n) is 4.72. The first-order valence-electron chi connectivity index (χ1n) is 7.15. The van der Waals surface area contributed by atoms with Crippen molar-refractivity contribution in [2.24, 2.45) is 0 Å². The van der Waals surface area contributed by atoms with Gasteiger partial charge in [0.2, 0.25) is 0 Å². The molecule has 1 aromatic rings. The van der Waals surface area contributed by atoms with Gasteiger partial charge in [0.15, 0.2) is 0 Å². The van der Waals surface area contributed by atoms with Crippen molar-refractivity contribution in [1.82, 2.24) is 9.97 Å². The van der Waals surface area contributed by atoms with E-state index in [1.165, 1.54) is 0 Å². The fourth-order valence-corrected chi connectivity index (χ4v) is 2.71. The topological polar surface area (TPSA) is 70.1 Å². The summed E-state index contributed by atoms with van der Waals surface area (Å²) in [5.41, 5.74) is 1.13. The van der Waals surface area contributed by atoms with Crippen molar-refractivity contribution in [3.8, 4) is 0 Å². The third-order valence-corrected chi connectivity index (χ3v) is 4.36. The molecule has 0 amide bonds. The van der Waals surface area contributed by atoms with Crippen LogP contribution in [0.4, 0.5) is 11.6 Å². The average Bonchev–Trinajstić information content (AvgIpc) is 2.44.